The molecular weight excluding hydrogens is 286 g/mol. The lowest BCUT2D eigenvalue weighted by molar-refractivity contribution is 0.0790. The van der Waals surface area contributed by atoms with E-state index >= 15 is 0 Å². The molecule has 1 saturated heterocycles. The Balaban J connectivity index is 1.50. The van der Waals surface area contributed by atoms with Crippen LogP contribution in [0.3, 0.4) is 0 Å². The standard InChI is InChI=1S/C19H21N3O/c1-13-7-9-20-18(21-13)17-8-10-22(12-17)19(23)16-6-5-14-3-2-4-15(14)11-16/h5-7,9,11,17H,2-4,8,10,12H2,1H3. The number of rotatable bonds is 2. The van der Waals surface area contributed by atoms with E-state index in [2.05, 4.69) is 22.1 Å². The summed E-state index contributed by atoms with van der Waals surface area (Å²) < 4.78 is 0. The van der Waals surface area contributed by atoms with Gasteiger partial charge in [0.2, 0.25) is 0 Å². The predicted octanol–water partition coefficient (Wildman–Crippen LogP) is 2.90. The van der Waals surface area contributed by atoms with Crippen LogP contribution in [0.25, 0.3) is 0 Å². The zero-order valence-electron chi connectivity index (χ0n) is 13.5. The lowest BCUT2D eigenvalue weighted by Crippen LogP contribution is -2.28. The molecule has 0 radical (unpaired) electrons. The van der Waals surface area contributed by atoms with Gasteiger partial charge in [-0.25, -0.2) is 9.97 Å². The third-order valence-corrected chi connectivity index (χ3v) is 5.00. The molecule has 1 aromatic heterocycles. The number of likely N-dealkylation sites (tertiary alicyclic amines) is 1. The van der Waals surface area contributed by atoms with Crippen molar-refractivity contribution in [3.05, 3.63) is 58.7 Å². The number of hydrogen-bond acceptors (Lipinski definition) is 3. The fourth-order valence-corrected chi connectivity index (χ4v) is 3.71. The lowest BCUT2D eigenvalue weighted by atomic mass is 10.1. The monoisotopic (exact) mass is 307 g/mol. The van der Waals surface area contributed by atoms with E-state index in [4.69, 9.17) is 0 Å². The molecule has 4 rings (SSSR count). The van der Waals surface area contributed by atoms with E-state index in [1.165, 1.54) is 17.5 Å². The second-order valence-corrected chi connectivity index (χ2v) is 6.63. The van der Waals surface area contributed by atoms with Crippen LogP contribution in [0.15, 0.2) is 30.5 Å². The second-order valence-electron chi connectivity index (χ2n) is 6.63. The Morgan fingerprint density at radius 1 is 1.22 bits per heavy atom. The number of aryl methyl sites for hydroxylation is 3. The van der Waals surface area contributed by atoms with Crippen molar-refractivity contribution >= 4 is 5.91 Å². The Kier molecular flexibility index (Phi) is 3.60. The summed E-state index contributed by atoms with van der Waals surface area (Å²) in [5.41, 5.74) is 4.58. The van der Waals surface area contributed by atoms with Crippen LogP contribution in [0.1, 0.15) is 51.8 Å². The van der Waals surface area contributed by atoms with Crippen molar-refractivity contribution in [3.8, 4) is 0 Å². The van der Waals surface area contributed by atoms with Crippen LogP contribution in [0.2, 0.25) is 0 Å². The van der Waals surface area contributed by atoms with Gasteiger partial charge in [0.05, 0.1) is 0 Å². The summed E-state index contributed by atoms with van der Waals surface area (Å²) in [5, 5.41) is 0. The average Bonchev–Trinajstić information content (AvgIpc) is 3.22. The second kappa shape index (κ2) is 5.76. The molecular formula is C19H21N3O. The van der Waals surface area contributed by atoms with Crippen LogP contribution in [-0.4, -0.2) is 33.9 Å². The maximum absolute atomic E-state index is 12.8. The number of fused-ring (bicyclic) bond motifs is 1. The summed E-state index contributed by atoms with van der Waals surface area (Å²) >= 11 is 0. The van der Waals surface area contributed by atoms with Crippen molar-refractivity contribution in [1.29, 1.82) is 0 Å². The maximum atomic E-state index is 12.8. The van der Waals surface area contributed by atoms with Crippen LogP contribution in [0, 0.1) is 6.92 Å². The molecule has 0 bridgehead atoms. The molecule has 2 aliphatic rings. The van der Waals surface area contributed by atoms with Crippen LogP contribution < -0.4 is 0 Å². The SMILES string of the molecule is Cc1ccnc(C2CCN(C(=O)c3ccc4c(c3)CCC4)C2)n1. The first-order valence-electron chi connectivity index (χ1n) is 8.41. The smallest absolute Gasteiger partial charge is 0.253 e. The number of aromatic nitrogens is 2. The summed E-state index contributed by atoms with van der Waals surface area (Å²) in [6, 6.07) is 8.13. The maximum Gasteiger partial charge on any atom is 0.253 e. The highest BCUT2D eigenvalue weighted by Crippen LogP contribution is 2.28. The minimum Gasteiger partial charge on any atom is -0.338 e. The predicted molar refractivity (Wildman–Crippen MR) is 88.5 cm³/mol. The van der Waals surface area contributed by atoms with Gasteiger partial charge in [0.15, 0.2) is 0 Å². The van der Waals surface area contributed by atoms with Crippen molar-refractivity contribution in [3.63, 3.8) is 0 Å². The molecule has 1 atom stereocenters. The molecule has 23 heavy (non-hydrogen) atoms. The quantitative estimate of drug-likeness (QED) is 0.857. The molecule has 118 valence electrons. The first-order chi connectivity index (χ1) is 11.2. The molecule has 1 aromatic carbocycles. The van der Waals surface area contributed by atoms with Crippen LogP contribution >= 0.6 is 0 Å². The van der Waals surface area contributed by atoms with Gasteiger partial charge in [-0.2, -0.15) is 0 Å². The molecule has 2 aromatic rings. The van der Waals surface area contributed by atoms with Gasteiger partial charge in [-0.3, -0.25) is 4.79 Å². The number of nitrogens with zero attached hydrogens (tertiary/aromatic N) is 3. The molecule has 0 N–H and O–H groups in total. The van der Waals surface area contributed by atoms with E-state index in [0.717, 1.165) is 49.4 Å². The van der Waals surface area contributed by atoms with Crippen molar-refractivity contribution in [2.45, 2.75) is 38.5 Å². The van der Waals surface area contributed by atoms with E-state index in [0.29, 0.717) is 0 Å². The topological polar surface area (TPSA) is 46.1 Å². The summed E-state index contributed by atoms with van der Waals surface area (Å²) in [4.78, 5) is 23.6. The van der Waals surface area contributed by atoms with Gasteiger partial charge in [0.1, 0.15) is 5.82 Å². The van der Waals surface area contributed by atoms with Crippen molar-refractivity contribution in [2.75, 3.05) is 13.1 Å². The first-order valence-corrected chi connectivity index (χ1v) is 8.41. The zero-order valence-corrected chi connectivity index (χ0v) is 13.5. The zero-order chi connectivity index (χ0) is 15.8. The Bertz CT molecular complexity index is 756. The summed E-state index contributed by atoms with van der Waals surface area (Å²) in [5.74, 6) is 1.28. The van der Waals surface area contributed by atoms with Crippen LogP contribution in [-0.2, 0) is 12.8 Å². The molecule has 1 aliphatic carbocycles. The van der Waals surface area contributed by atoms with Crippen molar-refractivity contribution < 1.29 is 4.79 Å². The number of carbonyl (C=O) groups excluding carboxylic acids is 1. The van der Waals surface area contributed by atoms with E-state index in [9.17, 15) is 4.79 Å². The highest BCUT2D eigenvalue weighted by Gasteiger charge is 2.30. The van der Waals surface area contributed by atoms with E-state index in [1.807, 2.05) is 30.2 Å². The highest BCUT2D eigenvalue weighted by molar-refractivity contribution is 5.94. The first kappa shape index (κ1) is 14.4. The minimum atomic E-state index is 0.148. The van der Waals surface area contributed by atoms with Gasteiger partial charge in [0.25, 0.3) is 5.91 Å². The summed E-state index contributed by atoms with van der Waals surface area (Å²) in [7, 11) is 0. The third kappa shape index (κ3) is 2.74. The van der Waals surface area contributed by atoms with Crippen LogP contribution in [0.5, 0.6) is 0 Å². The van der Waals surface area contributed by atoms with Crippen molar-refractivity contribution in [2.24, 2.45) is 0 Å². The van der Waals surface area contributed by atoms with Gasteiger partial charge in [-0.15, -0.1) is 0 Å². The number of carbonyl (C=O) groups is 1. The number of benzene rings is 1. The van der Waals surface area contributed by atoms with Gasteiger partial charge in [-0.1, -0.05) is 6.07 Å². The Morgan fingerprint density at radius 3 is 2.96 bits per heavy atom. The molecule has 1 amide bonds. The summed E-state index contributed by atoms with van der Waals surface area (Å²) in [6.07, 6.45) is 6.22. The lowest BCUT2D eigenvalue weighted by Gasteiger charge is -2.17. The fraction of sp³-hybridized carbons (Fsp3) is 0.421. The van der Waals surface area contributed by atoms with Gasteiger partial charge in [0, 0.05) is 36.5 Å². The average molecular weight is 307 g/mol. The van der Waals surface area contributed by atoms with E-state index in [1.54, 1.807) is 0 Å². The molecule has 4 heteroatoms. The van der Waals surface area contributed by atoms with Gasteiger partial charge in [-0.05, 0) is 61.9 Å². The Labute approximate surface area is 136 Å². The Morgan fingerprint density at radius 2 is 2.09 bits per heavy atom. The molecule has 1 unspecified atom stereocenters. The summed E-state index contributed by atoms with van der Waals surface area (Å²) in [6.45, 7) is 3.49. The van der Waals surface area contributed by atoms with Gasteiger partial charge < -0.3 is 4.90 Å². The number of hydrogen-bond donors (Lipinski definition) is 0. The highest BCUT2D eigenvalue weighted by atomic mass is 16.2. The van der Waals surface area contributed by atoms with E-state index in [-0.39, 0.29) is 11.8 Å². The fourth-order valence-electron chi connectivity index (χ4n) is 3.71. The third-order valence-electron chi connectivity index (χ3n) is 5.00. The molecule has 4 nitrogen and oxygen atoms in total. The number of amides is 1. The molecule has 1 fully saturated rings. The molecule has 2 heterocycles. The van der Waals surface area contributed by atoms with Gasteiger partial charge >= 0.3 is 0 Å². The minimum absolute atomic E-state index is 0.148. The van der Waals surface area contributed by atoms with Crippen molar-refractivity contribution in [1.82, 2.24) is 14.9 Å². The normalized spacial score (nSPS) is 19.9. The van der Waals surface area contributed by atoms with E-state index < -0.39 is 0 Å². The Hall–Kier alpha value is -2.23. The molecule has 1 aliphatic heterocycles. The largest absolute Gasteiger partial charge is 0.338 e. The van der Waals surface area contributed by atoms with Crippen LogP contribution in [0.4, 0.5) is 0 Å². The molecule has 0 spiro atoms. The molecule has 0 saturated carbocycles.